The lowest BCUT2D eigenvalue weighted by molar-refractivity contribution is -0.670. The van der Waals surface area contributed by atoms with E-state index in [-0.39, 0.29) is 5.63 Å². The molecule has 1 heterocycles. The normalized spacial score (nSPS) is 11.0. The van der Waals surface area contributed by atoms with Gasteiger partial charge in [0.15, 0.2) is 0 Å². The van der Waals surface area contributed by atoms with Gasteiger partial charge in [-0.05, 0) is 35.7 Å². The molecule has 0 unspecified atom stereocenters. The zero-order valence-electron chi connectivity index (χ0n) is 14.7. The summed E-state index contributed by atoms with van der Waals surface area (Å²) >= 11 is 0. The summed E-state index contributed by atoms with van der Waals surface area (Å²) in [6, 6.07) is 15.9. The van der Waals surface area contributed by atoms with Crippen molar-refractivity contribution in [2.45, 2.75) is 26.3 Å². The molecule has 3 rings (SSSR count). The molecular formula is C21H24NO3+. The molecule has 0 radical (unpaired) electrons. The summed E-state index contributed by atoms with van der Waals surface area (Å²) in [6.45, 7) is 3.82. The number of ether oxygens (including phenoxy) is 1. The second-order valence-electron chi connectivity index (χ2n) is 6.15. The van der Waals surface area contributed by atoms with Crippen LogP contribution in [0.15, 0.2) is 57.7 Å². The molecule has 0 saturated heterocycles. The predicted octanol–water partition coefficient (Wildman–Crippen LogP) is 2.67. The Balaban J connectivity index is 1.65. The van der Waals surface area contributed by atoms with Gasteiger partial charge in [-0.2, -0.15) is 0 Å². The summed E-state index contributed by atoms with van der Waals surface area (Å²) in [5.74, 6) is 0.877. The van der Waals surface area contributed by atoms with Gasteiger partial charge in [-0.25, -0.2) is 4.79 Å². The summed E-state index contributed by atoms with van der Waals surface area (Å²) < 4.78 is 10.5. The van der Waals surface area contributed by atoms with E-state index < -0.39 is 0 Å². The average molecular weight is 338 g/mol. The number of fused-ring (bicyclic) bond motifs is 1. The second kappa shape index (κ2) is 7.99. The fourth-order valence-electron chi connectivity index (χ4n) is 2.98. The van der Waals surface area contributed by atoms with Crippen molar-refractivity contribution >= 4 is 11.0 Å². The molecule has 2 N–H and O–H groups in total. The Bertz CT molecular complexity index is 897. The van der Waals surface area contributed by atoms with Crippen LogP contribution in [0, 0.1) is 0 Å². The largest absolute Gasteiger partial charge is 0.497 e. The Hall–Kier alpha value is -2.59. The standard InChI is InChI=1S/C21H23NO3/c1-3-15-6-9-19-17(13-21(23)25-20(19)12-15)14-22-11-10-16-4-7-18(24-2)8-5-16/h4-9,12-13,22H,3,10-11,14H2,1-2H3/p+1. The third-order valence-corrected chi connectivity index (χ3v) is 4.46. The average Bonchev–Trinajstić information content (AvgIpc) is 2.64. The van der Waals surface area contributed by atoms with Gasteiger partial charge < -0.3 is 14.5 Å². The van der Waals surface area contributed by atoms with Crippen LogP contribution in [0.1, 0.15) is 23.6 Å². The number of methoxy groups -OCH3 is 1. The second-order valence-corrected chi connectivity index (χ2v) is 6.15. The first kappa shape index (κ1) is 17.2. The van der Waals surface area contributed by atoms with Crippen molar-refractivity contribution in [3.05, 3.63) is 75.6 Å². The maximum atomic E-state index is 11.8. The van der Waals surface area contributed by atoms with Gasteiger partial charge in [0.1, 0.15) is 17.9 Å². The molecule has 2 aromatic carbocycles. The van der Waals surface area contributed by atoms with Gasteiger partial charge in [0, 0.05) is 23.4 Å². The highest BCUT2D eigenvalue weighted by molar-refractivity contribution is 5.80. The van der Waals surface area contributed by atoms with Gasteiger partial charge in [-0.15, -0.1) is 0 Å². The lowest BCUT2D eigenvalue weighted by atomic mass is 10.1. The molecule has 3 aromatic rings. The van der Waals surface area contributed by atoms with Gasteiger partial charge in [0.2, 0.25) is 0 Å². The number of quaternary nitrogens is 1. The fraction of sp³-hybridized carbons (Fsp3) is 0.286. The molecule has 4 heteroatoms. The van der Waals surface area contributed by atoms with Crippen molar-refractivity contribution < 1.29 is 14.5 Å². The van der Waals surface area contributed by atoms with Gasteiger partial charge in [0.05, 0.1) is 13.7 Å². The summed E-state index contributed by atoms with van der Waals surface area (Å²) in [4.78, 5) is 11.8. The van der Waals surface area contributed by atoms with Gasteiger partial charge in [0.25, 0.3) is 0 Å². The summed E-state index contributed by atoms with van der Waals surface area (Å²) in [5.41, 5.74) is 3.90. The van der Waals surface area contributed by atoms with E-state index in [4.69, 9.17) is 9.15 Å². The minimum atomic E-state index is -0.278. The minimum absolute atomic E-state index is 0.278. The van der Waals surface area contributed by atoms with Crippen LogP contribution < -0.4 is 15.7 Å². The quantitative estimate of drug-likeness (QED) is 0.532. The van der Waals surface area contributed by atoms with E-state index in [1.54, 1.807) is 13.2 Å². The SMILES string of the molecule is CCc1ccc2c(C[NH2+]CCc3ccc(OC)cc3)cc(=O)oc2c1. The monoisotopic (exact) mass is 338 g/mol. The van der Waals surface area contributed by atoms with Gasteiger partial charge >= 0.3 is 5.63 Å². The van der Waals surface area contributed by atoms with Crippen LogP contribution in [-0.4, -0.2) is 13.7 Å². The van der Waals surface area contributed by atoms with Crippen LogP contribution >= 0.6 is 0 Å². The van der Waals surface area contributed by atoms with Crippen LogP contribution in [0.3, 0.4) is 0 Å². The highest BCUT2D eigenvalue weighted by atomic mass is 16.5. The summed E-state index contributed by atoms with van der Waals surface area (Å²) in [5, 5.41) is 3.25. The molecule has 25 heavy (non-hydrogen) atoms. The molecule has 0 aliphatic rings. The fourth-order valence-corrected chi connectivity index (χ4v) is 2.98. The minimum Gasteiger partial charge on any atom is -0.497 e. The number of benzene rings is 2. The molecule has 0 amide bonds. The first-order chi connectivity index (χ1) is 12.2. The molecule has 0 fully saturated rings. The topological polar surface area (TPSA) is 56.0 Å². The first-order valence-corrected chi connectivity index (χ1v) is 8.70. The van der Waals surface area contributed by atoms with Crippen LogP contribution in [0.25, 0.3) is 11.0 Å². The Morgan fingerprint density at radius 3 is 2.52 bits per heavy atom. The van der Waals surface area contributed by atoms with Crippen molar-refractivity contribution in [2.75, 3.05) is 13.7 Å². The third-order valence-electron chi connectivity index (χ3n) is 4.46. The molecular weight excluding hydrogens is 314 g/mol. The number of hydrogen-bond acceptors (Lipinski definition) is 3. The summed E-state index contributed by atoms with van der Waals surface area (Å²) in [7, 11) is 1.67. The number of aryl methyl sites for hydroxylation is 1. The molecule has 130 valence electrons. The molecule has 0 saturated carbocycles. The van der Waals surface area contributed by atoms with E-state index in [9.17, 15) is 4.79 Å². The van der Waals surface area contributed by atoms with Crippen molar-refractivity contribution in [3.8, 4) is 5.75 Å². The highest BCUT2D eigenvalue weighted by Crippen LogP contribution is 2.18. The highest BCUT2D eigenvalue weighted by Gasteiger charge is 2.08. The number of rotatable bonds is 7. The third kappa shape index (κ3) is 4.28. The Morgan fingerprint density at radius 2 is 1.80 bits per heavy atom. The Labute approximate surface area is 147 Å². The van der Waals surface area contributed by atoms with E-state index >= 15 is 0 Å². The molecule has 0 aliphatic heterocycles. The molecule has 0 aliphatic carbocycles. The number of hydrogen-bond donors (Lipinski definition) is 1. The van der Waals surface area contributed by atoms with Crippen LogP contribution in [0.4, 0.5) is 0 Å². The maximum Gasteiger partial charge on any atom is 0.336 e. The zero-order valence-corrected chi connectivity index (χ0v) is 14.7. The lowest BCUT2D eigenvalue weighted by Crippen LogP contribution is -2.83. The predicted molar refractivity (Wildman–Crippen MR) is 99.1 cm³/mol. The van der Waals surface area contributed by atoms with Crippen molar-refractivity contribution in [2.24, 2.45) is 0 Å². The molecule has 1 aromatic heterocycles. The molecule has 0 atom stereocenters. The Morgan fingerprint density at radius 1 is 1.04 bits per heavy atom. The van der Waals surface area contributed by atoms with Crippen molar-refractivity contribution in [1.82, 2.24) is 0 Å². The maximum absolute atomic E-state index is 11.8. The molecule has 4 nitrogen and oxygen atoms in total. The smallest absolute Gasteiger partial charge is 0.336 e. The van der Waals surface area contributed by atoms with E-state index in [0.29, 0.717) is 5.58 Å². The van der Waals surface area contributed by atoms with Gasteiger partial charge in [-0.3, -0.25) is 0 Å². The van der Waals surface area contributed by atoms with Crippen LogP contribution in [0.2, 0.25) is 0 Å². The van der Waals surface area contributed by atoms with Crippen molar-refractivity contribution in [1.29, 1.82) is 0 Å². The van der Waals surface area contributed by atoms with Crippen LogP contribution in [0.5, 0.6) is 5.75 Å². The van der Waals surface area contributed by atoms with E-state index in [0.717, 1.165) is 42.6 Å². The number of nitrogens with two attached hydrogens (primary N) is 1. The van der Waals surface area contributed by atoms with Gasteiger partial charge in [-0.1, -0.05) is 31.2 Å². The van der Waals surface area contributed by atoms with E-state index in [1.807, 2.05) is 18.2 Å². The summed E-state index contributed by atoms with van der Waals surface area (Å²) in [6.07, 6.45) is 1.90. The van der Waals surface area contributed by atoms with Crippen molar-refractivity contribution in [3.63, 3.8) is 0 Å². The molecule has 0 spiro atoms. The van der Waals surface area contributed by atoms with Crippen LogP contribution in [-0.2, 0) is 19.4 Å². The Kier molecular flexibility index (Phi) is 5.51. The van der Waals surface area contributed by atoms with E-state index in [1.165, 1.54) is 11.1 Å². The zero-order chi connectivity index (χ0) is 17.6. The molecule has 0 bridgehead atoms. The lowest BCUT2D eigenvalue weighted by Gasteiger charge is -2.07. The van der Waals surface area contributed by atoms with E-state index in [2.05, 4.69) is 36.5 Å². The first-order valence-electron chi connectivity index (χ1n) is 8.70.